The van der Waals surface area contributed by atoms with Crippen LogP contribution in [0.5, 0.6) is 0 Å². The van der Waals surface area contributed by atoms with E-state index in [-0.39, 0.29) is 6.04 Å². The Hall–Kier alpha value is -0.830. The molecule has 3 unspecified atom stereocenters. The van der Waals surface area contributed by atoms with Crippen LogP contribution in [0.1, 0.15) is 22.8 Å². The lowest BCUT2D eigenvalue weighted by Crippen LogP contribution is -2.25. The van der Waals surface area contributed by atoms with Gasteiger partial charge in [-0.1, -0.05) is 41.9 Å². The van der Waals surface area contributed by atoms with E-state index in [4.69, 9.17) is 17.3 Å². The van der Waals surface area contributed by atoms with Gasteiger partial charge in [0.25, 0.3) is 0 Å². The first-order chi connectivity index (χ1) is 8.74. The maximum absolute atomic E-state index is 6.31. The molecule has 1 aromatic heterocycles. The summed E-state index contributed by atoms with van der Waals surface area (Å²) in [5, 5.41) is 0. The maximum atomic E-state index is 6.31. The van der Waals surface area contributed by atoms with E-state index in [9.17, 15) is 0 Å². The Labute approximate surface area is 117 Å². The molecule has 0 radical (unpaired) electrons. The normalized spacial score (nSPS) is 23.9. The van der Waals surface area contributed by atoms with E-state index in [2.05, 4.69) is 36.4 Å². The van der Waals surface area contributed by atoms with Gasteiger partial charge in [-0.25, -0.2) is 0 Å². The summed E-state index contributed by atoms with van der Waals surface area (Å²) in [6.07, 6.45) is 2.18. The van der Waals surface area contributed by atoms with Crippen molar-refractivity contribution in [2.75, 3.05) is 0 Å². The largest absolute Gasteiger partial charge is 0.327 e. The van der Waals surface area contributed by atoms with Gasteiger partial charge in [0.05, 0.1) is 4.34 Å². The Morgan fingerprint density at radius 2 is 2.00 bits per heavy atom. The third-order valence-corrected chi connectivity index (χ3v) is 4.94. The lowest BCUT2D eigenvalue weighted by Gasteiger charge is -2.10. The molecule has 2 aromatic rings. The Kier molecular flexibility index (Phi) is 3.42. The van der Waals surface area contributed by atoms with Crippen molar-refractivity contribution in [1.82, 2.24) is 0 Å². The first kappa shape index (κ1) is 12.2. The van der Waals surface area contributed by atoms with Gasteiger partial charge in [0.2, 0.25) is 0 Å². The summed E-state index contributed by atoms with van der Waals surface area (Å²) in [4.78, 5) is 1.30. The minimum absolute atomic E-state index is 0.255. The van der Waals surface area contributed by atoms with Gasteiger partial charge in [0, 0.05) is 10.9 Å². The Morgan fingerprint density at radius 3 is 2.67 bits per heavy atom. The monoisotopic (exact) mass is 277 g/mol. The molecule has 1 heterocycles. The molecular weight excluding hydrogens is 262 g/mol. The van der Waals surface area contributed by atoms with Crippen molar-refractivity contribution in [2.24, 2.45) is 11.7 Å². The molecule has 0 saturated heterocycles. The highest BCUT2D eigenvalue weighted by Gasteiger charge is 2.42. The average Bonchev–Trinajstić information content (AvgIpc) is 3.09. The van der Waals surface area contributed by atoms with Gasteiger partial charge in [0.15, 0.2) is 0 Å². The van der Waals surface area contributed by atoms with Crippen LogP contribution in [-0.2, 0) is 6.42 Å². The lowest BCUT2D eigenvalue weighted by atomic mass is 10.0. The molecule has 2 N–H and O–H groups in total. The predicted molar refractivity (Wildman–Crippen MR) is 78.3 cm³/mol. The molecule has 0 aliphatic heterocycles. The van der Waals surface area contributed by atoms with Crippen LogP contribution in [0, 0.1) is 5.92 Å². The van der Waals surface area contributed by atoms with E-state index in [1.54, 1.807) is 11.3 Å². The number of hydrogen-bond donors (Lipinski definition) is 1. The standard InChI is InChI=1S/C15H16ClNS/c16-15-7-6-11(18-15)8-14(17)13-9-12(13)10-4-2-1-3-5-10/h1-7,12-14H,8-9,17H2. The van der Waals surface area contributed by atoms with Crippen molar-refractivity contribution in [1.29, 1.82) is 0 Å². The molecule has 94 valence electrons. The van der Waals surface area contributed by atoms with E-state index < -0.39 is 0 Å². The molecule has 0 amide bonds. The van der Waals surface area contributed by atoms with E-state index in [1.807, 2.05) is 6.07 Å². The third-order valence-electron chi connectivity index (χ3n) is 3.68. The minimum atomic E-state index is 0.255. The van der Waals surface area contributed by atoms with Crippen LogP contribution in [0.4, 0.5) is 0 Å². The van der Waals surface area contributed by atoms with Crippen molar-refractivity contribution >= 4 is 22.9 Å². The molecule has 1 aromatic carbocycles. The zero-order valence-electron chi connectivity index (χ0n) is 10.1. The molecule has 0 spiro atoms. The van der Waals surface area contributed by atoms with E-state index in [0.29, 0.717) is 11.8 Å². The van der Waals surface area contributed by atoms with E-state index >= 15 is 0 Å². The molecule has 1 aliphatic carbocycles. The summed E-state index contributed by atoms with van der Waals surface area (Å²) in [5.41, 5.74) is 7.74. The fraction of sp³-hybridized carbons (Fsp3) is 0.333. The van der Waals surface area contributed by atoms with E-state index in [1.165, 1.54) is 16.9 Å². The zero-order valence-corrected chi connectivity index (χ0v) is 11.6. The third kappa shape index (κ3) is 2.61. The number of rotatable bonds is 4. The molecular formula is C15H16ClNS. The molecule has 0 bridgehead atoms. The molecule has 3 atom stereocenters. The molecule has 18 heavy (non-hydrogen) atoms. The van der Waals surface area contributed by atoms with Gasteiger partial charge in [-0.15, -0.1) is 11.3 Å². The summed E-state index contributed by atoms with van der Waals surface area (Å²) in [6.45, 7) is 0. The van der Waals surface area contributed by atoms with Crippen LogP contribution < -0.4 is 5.73 Å². The fourth-order valence-corrected chi connectivity index (χ4v) is 3.78. The van der Waals surface area contributed by atoms with Crippen LogP contribution >= 0.6 is 22.9 Å². The van der Waals surface area contributed by atoms with Crippen LogP contribution in [0.2, 0.25) is 4.34 Å². The van der Waals surface area contributed by atoms with Gasteiger partial charge in [-0.2, -0.15) is 0 Å². The van der Waals surface area contributed by atoms with Crippen LogP contribution in [-0.4, -0.2) is 6.04 Å². The summed E-state index contributed by atoms with van der Waals surface area (Å²) in [6, 6.07) is 15.0. The smallest absolute Gasteiger partial charge is 0.0931 e. The Bertz CT molecular complexity index is 522. The summed E-state index contributed by atoms with van der Waals surface area (Å²) in [7, 11) is 0. The first-order valence-corrected chi connectivity index (χ1v) is 7.48. The summed E-state index contributed by atoms with van der Waals surface area (Å²) < 4.78 is 0.854. The van der Waals surface area contributed by atoms with Crippen molar-refractivity contribution < 1.29 is 0 Å². The van der Waals surface area contributed by atoms with Crippen molar-refractivity contribution in [3.63, 3.8) is 0 Å². The highest BCUT2D eigenvalue weighted by molar-refractivity contribution is 7.16. The zero-order chi connectivity index (χ0) is 12.5. The topological polar surface area (TPSA) is 26.0 Å². The number of thiophene rings is 1. The fourth-order valence-electron chi connectivity index (χ4n) is 2.62. The number of halogens is 1. The lowest BCUT2D eigenvalue weighted by molar-refractivity contribution is 0.582. The van der Waals surface area contributed by atoms with Crippen molar-refractivity contribution in [3.05, 3.63) is 57.2 Å². The molecule has 1 nitrogen and oxygen atoms in total. The SMILES string of the molecule is NC(Cc1ccc(Cl)s1)C1CC1c1ccccc1. The molecule has 1 aliphatic rings. The molecule has 1 saturated carbocycles. The maximum Gasteiger partial charge on any atom is 0.0931 e. The second-order valence-electron chi connectivity index (χ2n) is 4.99. The van der Waals surface area contributed by atoms with Crippen LogP contribution in [0.15, 0.2) is 42.5 Å². The van der Waals surface area contributed by atoms with Gasteiger partial charge < -0.3 is 5.73 Å². The second kappa shape index (κ2) is 5.04. The first-order valence-electron chi connectivity index (χ1n) is 6.29. The van der Waals surface area contributed by atoms with Gasteiger partial charge in [0.1, 0.15) is 0 Å². The van der Waals surface area contributed by atoms with Gasteiger partial charge in [-0.3, -0.25) is 0 Å². The highest BCUT2D eigenvalue weighted by atomic mass is 35.5. The van der Waals surface area contributed by atoms with Gasteiger partial charge >= 0.3 is 0 Å². The van der Waals surface area contributed by atoms with Crippen molar-refractivity contribution in [2.45, 2.75) is 24.8 Å². The van der Waals surface area contributed by atoms with Crippen molar-refractivity contribution in [3.8, 4) is 0 Å². The summed E-state index contributed by atoms with van der Waals surface area (Å²) >= 11 is 7.59. The minimum Gasteiger partial charge on any atom is -0.327 e. The second-order valence-corrected chi connectivity index (χ2v) is 6.79. The van der Waals surface area contributed by atoms with E-state index in [0.717, 1.165) is 10.8 Å². The number of nitrogens with two attached hydrogens (primary N) is 1. The quantitative estimate of drug-likeness (QED) is 0.895. The number of benzene rings is 1. The number of hydrogen-bond acceptors (Lipinski definition) is 2. The highest BCUT2D eigenvalue weighted by Crippen LogP contribution is 2.49. The molecule has 3 heteroatoms. The van der Waals surface area contributed by atoms with Crippen LogP contribution in [0.3, 0.4) is 0 Å². The summed E-state index contributed by atoms with van der Waals surface area (Å²) in [5.74, 6) is 1.30. The Morgan fingerprint density at radius 1 is 1.22 bits per heavy atom. The average molecular weight is 278 g/mol. The predicted octanol–water partition coefficient (Wildman–Crippen LogP) is 4.08. The Balaban J connectivity index is 1.61. The van der Waals surface area contributed by atoms with Gasteiger partial charge in [-0.05, 0) is 42.4 Å². The molecule has 3 rings (SSSR count). The van der Waals surface area contributed by atoms with Crippen LogP contribution in [0.25, 0.3) is 0 Å². The molecule has 1 fully saturated rings.